The lowest BCUT2D eigenvalue weighted by molar-refractivity contribution is 0.0946. The topological polar surface area (TPSA) is 98.7 Å². The van der Waals surface area contributed by atoms with Gasteiger partial charge in [-0.1, -0.05) is 35.5 Å². The van der Waals surface area contributed by atoms with Crippen molar-refractivity contribution in [3.05, 3.63) is 78.3 Å². The zero-order valence-electron chi connectivity index (χ0n) is 14.5. The molecule has 0 atom stereocenters. The number of carbonyl (C=O) groups is 1. The van der Waals surface area contributed by atoms with Crippen molar-refractivity contribution in [2.45, 2.75) is 13.5 Å². The summed E-state index contributed by atoms with van der Waals surface area (Å²) in [6.07, 6.45) is 4.83. The predicted octanol–water partition coefficient (Wildman–Crippen LogP) is 2.56. The molecule has 3 aromatic heterocycles. The predicted molar refractivity (Wildman–Crippen MR) is 97.0 cm³/mol. The SMILES string of the molecule is Cc1noc(-c2ccc(-n3cnc(C(=O)NCc4ccccc4)c3)nc2)n1. The lowest BCUT2D eigenvalue weighted by Crippen LogP contribution is -2.23. The van der Waals surface area contributed by atoms with Crippen LogP contribution in [-0.4, -0.2) is 30.6 Å². The van der Waals surface area contributed by atoms with Gasteiger partial charge in [0.05, 0.1) is 5.56 Å². The molecular weight excluding hydrogens is 344 g/mol. The van der Waals surface area contributed by atoms with E-state index in [-0.39, 0.29) is 5.91 Å². The lowest BCUT2D eigenvalue weighted by atomic mass is 10.2. The van der Waals surface area contributed by atoms with E-state index in [4.69, 9.17) is 4.52 Å². The first kappa shape index (κ1) is 16.6. The largest absolute Gasteiger partial charge is 0.347 e. The van der Waals surface area contributed by atoms with Crippen molar-refractivity contribution in [3.8, 4) is 17.3 Å². The van der Waals surface area contributed by atoms with Gasteiger partial charge in [0.25, 0.3) is 11.8 Å². The fourth-order valence-corrected chi connectivity index (χ4v) is 2.51. The van der Waals surface area contributed by atoms with Gasteiger partial charge in [0, 0.05) is 18.9 Å². The van der Waals surface area contributed by atoms with Crippen molar-refractivity contribution in [1.29, 1.82) is 0 Å². The van der Waals surface area contributed by atoms with E-state index in [0.29, 0.717) is 29.8 Å². The normalized spacial score (nSPS) is 10.7. The number of carbonyl (C=O) groups excluding carboxylic acids is 1. The molecule has 0 spiro atoms. The highest BCUT2D eigenvalue weighted by Crippen LogP contribution is 2.17. The van der Waals surface area contributed by atoms with E-state index in [1.54, 1.807) is 36.3 Å². The van der Waals surface area contributed by atoms with Crippen LogP contribution in [-0.2, 0) is 6.54 Å². The van der Waals surface area contributed by atoms with E-state index in [2.05, 4.69) is 25.4 Å². The van der Waals surface area contributed by atoms with E-state index in [9.17, 15) is 4.79 Å². The third-order valence-electron chi connectivity index (χ3n) is 3.90. The molecule has 4 aromatic rings. The molecule has 0 radical (unpaired) electrons. The van der Waals surface area contributed by atoms with Gasteiger partial charge in [-0.15, -0.1) is 0 Å². The molecule has 1 aromatic carbocycles. The Balaban J connectivity index is 1.45. The highest BCUT2D eigenvalue weighted by Gasteiger charge is 2.11. The zero-order chi connectivity index (χ0) is 18.6. The summed E-state index contributed by atoms with van der Waals surface area (Å²) in [6, 6.07) is 13.3. The Kier molecular flexibility index (Phi) is 4.44. The summed E-state index contributed by atoms with van der Waals surface area (Å²) >= 11 is 0. The Bertz CT molecular complexity index is 1050. The number of nitrogens with one attached hydrogen (secondary N) is 1. The van der Waals surface area contributed by atoms with Crippen molar-refractivity contribution in [1.82, 2.24) is 30.0 Å². The van der Waals surface area contributed by atoms with Gasteiger partial charge in [0.15, 0.2) is 5.82 Å². The molecule has 3 heterocycles. The number of amides is 1. The Morgan fingerprint density at radius 2 is 2.00 bits per heavy atom. The van der Waals surface area contributed by atoms with Gasteiger partial charge in [0.2, 0.25) is 0 Å². The monoisotopic (exact) mass is 360 g/mol. The van der Waals surface area contributed by atoms with Crippen LogP contribution < -0.4 is 5.32 Å². The maximum atomic E-state index is 12.3. The summed E-state index contributed by atoms with van der Waals surface area (Å²) < 4.78 is 6.80. The number of hydrogen-bond donors (Lipinski definition) is 1. The maximum absolute atomic E-state index is 12.3. The average Bonchev–Trinajstić information content (AvgIpc) is 3.37. The quantitative estimate of drug-likeness (QED) is 0.587. The summed E-state index contributed by atoms with van der Waals surface area (Å²) in [5.41, 5.74) is 2.07. The molecule has 0 saturated carbocycles. The highest BCUT2D eigenvalue weighted by atomic mass is 16.5. The number of imidazole rings is 1. The van der Waals surface area contributed by atoms with Crippen LogP contribution in [0.2, 0.25) is 0 Å². The highest BCUT2D eigenvalue weighted by molar-refractivity contribution is 5.92. The molecule has 1 N–H and O–H groups in total. The molecule has 134 valence electrons. The maximum Gasteiger partial charge on any atom is 0.271 e. The van der Waals surface area contributed by atoms with Gasteiger partial charge in [0.1, 0.15) is 17.8 Å². The molecule has 0 saturated heterocycles. The van der Waals surface area contributed by atoms with Crippen molar-refractivity contribution in [2.75, 3.05) is 0 Å². The minimum absolute atomic E-state index is 0.240. The van der Waals surface area contributed by atoms with Crippen molar-refractivity contribution < 1.29 is 9.32 Å². The number of rotatable bonds is 5. The van der Waals surface area contributed by atoms with Gasteiger partial charge in [-0.05, 0) is 24.6 Å². The van der Waals surface area contributed by atoms with Crippen molar-refractivity contribution >= 4 is 5.91 Å². The molecule has 0 bridgehead atoms. The summed E-state index contributed by atoms with van der Waals surface area (Å²) in [5.74, 6) is 1.37. The van der Waals surface area contributed by atoms with Gasteiger partial charge >= 0.3 is 0 Å². The summed E-state index contributed by atoms with van der Waals surface area (Å²) in [4.78, 5) is 25.0. The summed E-state index contributed by atoms with van der Waals surface area (Å²) in [7, 11) is 0. The Labute approximate surface area is 154 Å². The average molecular weight is 360 g/mol. The molecular formula is C19H16N6O2. The fraction of sp³-hybridized carbons (Fsp3) is 0.105. The van der Waals surface area contributed by atoms with E-state index in [0.717, 1.165) is 11.1 Å². The Hall–Kier alpha value is -3.81. The number of pyridine rings is 1. The number of hydrogen-bond acceptors (Lipinski definition) is 6. The molecule has 1 amide bonds. The minimum Gasteiger partial charge on any atom is -0.347 e. The minimum atomic E-state index is -0.240. The lowest BCUT2D eigenvalue weighted by Gasteiger charge is -2.03. The van der Waals surface area contributed by atoms with E-state index in [1.165, 1.54) is 0 Å². The second-order valence-electron chi connectivity index (χ2n) is 5.89. The van der Waals surface area contributed by atoms with E-state index >= 15 is 0 Å². The fourth-order valence-electron chi connectivity index (χ4n) is 2.51. The van der Waals surface area contributed by atoms with Crippen LogP contribution in [0, 0.1) is 6.92 Å². The summed E-state index contributed by atoms with van der Waals surface area (Å²) in [6.45, 7) is 2.20. The van der Waals surface area contributed by atoms with Gasteiger partial charge in [-0.3, -0.25) is 9.36 Å². The van der Waals surface area contributed by atoms with Crippen LogP contribution in [0.5, 0.6) is 0 Å². The van der Waals surface area contributed by atoms with E-state index in [1.807, 2.05) is 36.4 Å². The zero-order valence-corrected chi connectivity index (χ0v) is 14.5. The first-order chi connectivity index (χ1) is 13.2. The molecule has 4 rings (SSSR count). The number of benzene rings is 1. The van der Waals surface area contributed by atoms with Gasteiger partial charge in [-0.2, -0.15) is 4.98 Å². The van der Waals surface area contributed by atoms with Crippen LogP contribution in [0.25, 0.3) is 17.3 Å². The van der Waals surface area contributed by atoms with Crippen LogP contribution in [0.4, 0.5) is 0 Å². The molecule has 0 fully saturated rings. The number of aromatic nitrogens is 5. The van der Waals surface area contributed by atoms with Crippen LogP contribution >= 0.6 is 0 Å². The molecule has 27 heavy (non-hydrogen) atoms. The molecule has 8 heteroatoms. The van der Waals surface area contributed by atoms with Crippen molar-refractivity contribution in [2.24, 2.45) is 0 Å². The summed E-state index contributed by atoms with van der Waals surface area (Å²) in [5, 5.41) is 6.61. The molecule has 0 unspecified atom stereocenters. The van der Waals surface area contributed by atoms with Crippen molar-refractivity contribution in [3.63, 3.8) is 0 Å². The Morgan fingerprint density at radius 1 is 1.15 bits per heavy atom. The van der Waals surface area contributed by atoms with Crippen LogP contribution in [0.3, 0.4) is 0 Å². The van der Waals surface area contributed by atoms with Crippen LogP contribution in [0.1, 0.15) is 21.9 Å². The molecule has 0 aliphatic carbocycles. The van der Waals surface area contributed by atoms with Crippen LogP contribution in [0.15, 0.2) is 65.7 Å². The number of aryl methyl sites for hydroxylation is 1. The second kappa shape index (κ2) is 7.20. The third kappa shape index (κ3) is 3.74. The molecule has 0 aliphatic heterocycles. The standard InChI is InChI=1S/C19H16N6O2/c1-13-23-19(27-24-13)15-7-8-17(20-10-15)25-11-16(22-12-25)18(26)21-9-14-5-3-2-4-6-14/h2-8,10-12H,9H2,1H3,(H,21,26). The van der Waals surface area contributed by atoms with Gasteiger partial charge in [-0.25, -0.2) is 9.97 Å². The second-order valence-corrected chi connectivity index (χ2v) is 5.89. The first-order valence-corrected chi connectivity index (χ1v) is 8.32. The first-order valence-electron chi connectivity index (χ1n) is 8.32. The Morgan fingerprint density at radius 3 is 2.70 bits per heavy atom. The molecule has 0 aliphatic rings. The van der Waals surface area contributed by atoms with E-state index < -0.39 is 0 Å². The van der Waals surface area contributed by atoms with Gasteiger partial charge < -0.3 is 9.84 Å². The molecule has 8 nitrogen and oxygen atoms in total. The third-order valence-corrected chi connectivity index (χ3v) is 3.90. The smallest absolute Gasteiger partial charge is 0.271 e. The number of nitrogens with zero attached hydrogens (tertiary/aromatic N) is 5.